The van der Waals surface area contributed by atoms with E-state index < -0.39 is 5.76 Å². The van der Waals surface area contributed by atoms with Crippen molar-refractivity contribution in [3.63, 3.8) is 0 Å². The predicted molar refractivity (Wildman–Crippen MR) is 121 cm³/mol. The van der Waals surface area contributed by atoms with Gasteiger partial charge >= 0.3 is 5.76 Å². The highest BCUT2D eigenvalue weighted by atomic mass is 32.1. The Hall–Kier alpha value is -2.97. The molecule has 1 aliphatic heterocycles. The third-order valence-electron chi connectivity index (χ3n) is 5.74. The van der Waals surface area contributed by atoms with Crippen LogP contribution in [0.15, 0.2) is 45.6 Å². The number of aryl methyl sites for hydroxylation is 2. The number of hydrogen-bond donors (Lipinski definition) is 0. The van der Waals surface area contributed by atoms with Crippen molar-refractivity contribution < 1.29 is 13.9 Å². The Morgan fingerprint density at radius 3 is 2.81 bits per heavy atom. The van der Waals surface area contributed by atoms with E-state index in [0.29, 0.717) is 29.4 Å². The fraction of sp³-hybridized carbons (Fsp3) is 0.348. The zero-order valence-corrected chi connectivity index (χ0v) is 18.3. The number of benzene rings is 2. The monoisotopic (exact) mass is 437 g/mol. The van der Waals surface area contributed by atoms with Gasteiger partial charge in [0.05, 0.1) is 28.4 Å². The first-order valence-corrected chi connectivity index (χ1v) is 11.2. The highest BCUT2D eigenvalue weighted by Gasteiger charge is 2.27. The first-order chi connectivity index (χ1) is 15.0. The third-order valence-corrected chi connectivity index (χ3v) is 6.95. The molecular weight excluding hydrogens is 414 g/mol. The molecule has 0 N–H and O–H groups in total. The molecule has 8 heteroatoms. The molecule has 0 spiro atoms. The van der Waals surface area contributed by atoms with Gasteiger partial charge in [0.15, 0.2) is 10.7 Å². The maximum absolute atomic E-state index is 13.5. The number of thiazole rings is 1. The van der Waals surface area contributed by atoms with Crippen molar-refractivity contribution in [1.82, 2.24) is 9.55 Å². The molecular formula is C23H23N3O4S. The van der Waals surface area contributed by atoms with Crippen molar-refractivity contribution in [1.29, 1.82) is 0 Å². The Labute approximate surface area is 182 Å². The lowest BCUT2D eigenvalue weighted by molar-refractivity contribution is -0.119. The van der Waals surface area contributed by atoms with Gasteiger partial charge in [-0.25, -0.2) is 9.78 Å². The molecule has 1 fully saturated rings. The largest absolute Gasteiger partial charge is 0.420 e. The maximum Gasteiger partial charge on any atom is 0.420 e. The van der Waals surface area contributed by atoms with Crippen LogP contribution in [0.2, 0.25) is 0 Å². The number of fused-ring (bicyclic) bond motifs is 2. The van der Waals surface area contributed by atoms with Gasteiger partial charge in [0.25, 0.3) is 0 Å². The number of para-hydroxylation sites is 2. The van der Waals surface area contributed by atoms with Crippen molar-refractivity contribution in [3.05, 3.63) is 58.1 Å². The zero-order chi connectivity index (χ0) is 21.5. The number of rotatable bonds is 5. The van der Waals surface area contributed by atoms with E-state index in [1.165, 1.54) is 15.9 Å². The van der Waals surface area contributed by atoms with Crippen LogP contribution in [0.4, 0.5) is 5.13 Å². The van der Waals surface area contributed by atoms with Crippen molar-refractivity contribution in [2.24, 2.45) is 0 Å². The molecule has 1 atom stereocenters. The molecule has 4 aromatic rings. The van der Waals surface area contributed by atoms with Gasteiger partial charge in [-0.2, -0.15) is 0 Å². The van der Waals surface area contributed by atoms with E-state index >= 15 is 0 Å². The molecule has 0 unspecified atom stereocenters. The summed E-state index contributed by atoms with van der Waals surface area (Å²) >= 11 is 1.51. The second-order valence-electron chi connectivity index (χ2n) is 7.93. The summed E-state index contributed by atoms with van der Waals surface area (Å²) in [4.78, 5) is 32.4. The van der Waals surface area contributed by atoms with Crippen LogP contribution < -0.4 is 10.7 Å². The first-order valence-electron chi connectivity index (χ1n) is 10.4. The summed E-state index contributed by atoms with van der Waals surface area (Å²) in [6, 6.07) is 11.2. The van der Waals surface area contributed by atoms with E-state index in [1.54, 1.807) is 23.1 Å². The van der Waals surface area contributed by atoms with Gasteiger partial charge in [-0.15, -0.1) is 0 Å². The van der Waals surface area contributed by atoms with Crippen LogP contribution in [-0.2, 0) is 16.1 Å². The number of nitrogens with zero attached hydrogens (tertiary/aromatic N) is 3. The average Bonchev–Trinajstić information content (AvgIpc) is 3.49. The molecule has 1 aliphatic rings. The standard InChI is InChI=1S/C23H23N3O4S/c1-14-9-10-15(2)21-20(14)24-22(31-21)26(12-16-6-5-11-29-16)19(27)13-25-17-7-3-4-8-18(17)30-23(25)28/h3-4,7-10,16H,5-6,11-13H2,1-2H3/t16-/m1/s1. The smallest absolute Gasteiger partial charge is 0.408 e. The van der Waals surface area contributed by atoms with Crippen LogP contribution in [0.25, 0.3) is 21.3 Å². The Bertz CT molecular complexity index is 1290. The molecule has 1 saturated heterocycles. The topological polar surface area (TPSA) is 77.6 Å². The van der Waals surface area contributed by atoms with E-state index in [0.717, 1.165) is 34.2 Å². The number of carbonyl (C=O) groups is 1. The molecule has 0 bridgehead atoms. The minimum atomic E-state index is -0.539. The maximum atomic E-state index is 13.5. The van der Waals surface area contributed by atoms with E-state index in [9.17, 15) is 9.59 Å². The van der Waals surface area contributed by atoms with E-state index in [2.05, 4.69) is 6.07 Å². The second kappa shape index (κ2) is 7.94. The van der Waals surface area contributed by atoms with Crippen molar-refractivity contribution in [3.8, 4) is 0 Å². The van der Waals surface area contributed by atoms with Gasteiger partial charge in [-0.3, -0.25) is 14.3 Å². The summed E-state index contributed by atoms with van der Waals surface area (Å²) in [5.41, 5.74) is 4.19. The molecule has 2 aromatic carbocycles. The van der Waals surface area contributed by atoms with Crippen LogP contribution in [0.1, 0.15) is 24.0 Å². The van der Waals surface area contributed by atoms with Crippen molar-refractivity contribution in [2.75, 3.05) is 18.1 Å². The molecule has 3 heterocycles. The molecule has 160 valence electrons. The molecule has 5 rings (SSSR count). The minimum absolute atomic E-state index is 0.0315. The van der Waals surface area contributed by atoms with Crippen molar-refractivity contribution in [2.45, 2.75) is 39.3 Å². The summed E-state index contributed by atoms with van der Waals surface area (Å²) in [5.74, 6) is -0.749. The molecule has 7 nitrogen and oxygen atoms in total. The number of carbonyl (C=O) groups excluding carboxylic acids is 1. The fourth-order valence-corrected chi connectivity index (χ4v) is 5.16. The van der Waals surface area contributed by atoms with Gasteiger partial charge < -0.3 is 9.15 Å². The van der Waals surface area contributed by atoms with Gasteiger partial charge in [0.2, 0.25) is 5.91 Å². The zero-order valence-electron chi connectivity index (χ0n) is 17.5. The average molecular weight is 438 g/mol. The molecule has 0 radical (unpaired) electrons. The highest BCUT2D eigenvalue weighted by molar-refractivity contribution is 7.22. The highest BCUT2D eigenvalue weighted by Crippen LogP contribution is 2.34. The summed E-state index contributed by atoms with van der Waals surface area (Å²) in [5, 5.41) is 0.633. The molecule has 0 aliphatic carbocycles. The van der Waals surface area contributed by atoms with Crippen LogP contribution in [0, 0.1) is 13.8 Å². The first kappa shape index (κ1) is 20.0. The predicted octanol–water partition coefficient (Wildman–Crippen LogP) is 4.03. The lowest BCUT2D eigenvalue weighted by Crippen LogP contribution is -2.40. The Kier molecular flexibility index (Phi) is 5.11. The number of oxazole rings is 1. The number of aromatic nitrogens is 2. The quantitative estimate of drug-likeness (QED) is 0.471. The van der Waals surface area contributed by atoms with Gasteiger partial charge in [-0.05, 0) is 49.9 Å². The number of ether oxygens (including phenoxy) is 1. The number of hydrogen-bond acceptors (Lipinski definition) is 6. The summed E-state index contributed by atoms with van der Waals surface area (Å²) in [6.45, 7) is 5.08. The minimum Gasteiger partial charge on any atom is -0.408 e. The molecule has 0 saturated carbocycles. The molecule has 1 amide bonds. The summed E-state index contributed by atoms with van der Waals surface area (Å²) in [7, 11) is 0. The van der Waals surface area contributed by atoms with Gasteiger partial charge in [0.1, 0.15) is 6.54 Å². The van der Waals surface area contributed by atoms with Crippen LogP contribution in [0.3, 0.4) is 0 Å². The molecule has 31 heavy (non-hydrogen) atoms. The number of anilines is 1. The lowest BCUT2D eigenvalue weighted by Gasteiger charge is -2.23. The van der Waals surface area contributed by atoms with E-state index in [1.807, 2.05) is 26.0 Å². The van der Waals surface area contributed by atoms with E-state index in [-0.39, 0.29) is 18.6 Å². The van der Waals surface area contributed by atoms with Crippen LogP contribution in [-0.4, -0.2) is 34.7 Å². The Morgan fingerprint density at radius 1 is 1.23 bits per heavy atom. The van der Waals surface area contributed by atoms with Gasteiger partial charge in [-0.1, -0.05) is 35.6 Å². The third kappa shape index (κ3) is 3.66. The van der Waals surface area contributed by atoms with Gasteiger partial charge in [0, 0.05) is 6.61 Å². The van der Waals surface area contributed by atoms with Crippen LogP contribution in [0.5, 0.6) is 0 Å². The van der Waals surface area contributed by atoms with E-state index in [4.69, 9.17) is 14.1 Å². The Morgan fingerprint density at radius 2 is 2.03 bits per heavy atom. The SMILES string of the molecule is Cc1ccc(C)c2sc(N(C[C@H]3CCCO3)C(=O)Cn3c(=O)oc4ccccc43)nc12. The lowest BCUT2D eigenvalue weighted by atomic mass is 10.1. The fourth-order valence-electron chi connectivity index (χ4n) is 4.03. The van der Waals surface area contributed by atoms with Crippen molar-refractivity contribution >= 4 is 43.7 Å². The number of amides is 1. The molecule has 2 aromatic heterocycles. The van der Waals surface area contributed by atoms with Crippen LogP contribution >= 0.6 is 11.3 Å². The summed E-state index contributed by atoms with van der Waals surface area (Å²) < 4.78 is 13.6. The second-order valence-corrected chi connectivity index (χ2v) is 8.91. The summed E-state index contributed by atoms with van der Waals surface area (Å²) in [6.07, 6.45) is 1.86. The normalized spacial score (nSPS) is 16.4. The Balaban J connectivity index is 1.53.